The van der Waals surface area contributed by atoms with Gasteiger partial charge in [0.25, 0.3) is 5.91 Å². The molecule has 0 N–H and O–H groups in total. The van der Waals surface area contributed by atoms with Crippen LogP contribution in [-0.4, -0.2) is 38.7 Å². The maximum Gasteiger partial charge on any atom is 0.323 e. The molecule has 7 heteroatoms. The highest BCUT2D eigenvalue weighted by Crippen LogP contribution is 2.16. The number of rotatable bonds is 6. The van der Waals surface area contributed by atoms with Crippen molar-refractivity contribution in [3.05, 3.63) is 27.9 Å². The van der Waals surface area contributed by atoms with Crippen LogP contribution in [0.2, 0.25) is 0 Å². The van der Waals surface area contributed by atoms with Crippen molar-refractivity contribution in [3.8, 4) is 0 Å². The van der Waals surface area contributed by atoms with E-state index in [-0.39, 0.29) is 11.7 Å². The molecule has 18 heavy (non-hydrogen) atoms. The van der Waals surface area contributed by atoms with Gasteiger partial charge in [0.05, 0.1) is 7.05 Å². The highest BCUT2D eigenvalue weighted by molar-refractivity contribution is 9.09. The van der Waals surface area contributed by atoms with Crippen LogP contribution in [0.15, 0.2) is 12.1 Å². The molecule has 1 rings (SSSR count). The van der Waals surface area contributed by atoms with Gasteiger partial charge in [-0.2, -0.15) is 0 Å². The second-order valence-electron chi connectivity index (χ2n) is 3.87. The molecule has 6 nitrogen and oxygen atoms in total. The molecule has 0 bridgehead atoms. The van der Waals surface area contributed by atoms with Crippen molar-refractivity contribution in [2.75, 3.05) is 18.4 Å². The second-order valence-corrected chi connectivity index (χ2v) is 4.67. The number of hydrogen-bond donors (Lipinski definition) is 0. The molecule has 1 heterocycles. The van der Waals surface area contributed by atoms with Crippen molar-refractivity contribution in [1.82, 2.24) is 9.47 Å². The average Bonchev–Trinajstić information content (AvgIpc) is 2.70. The Kier molecular flexibility index (Phi) is 5.33. The van der Waals surface area contributed by atoms with Crippen molar-refractivity contribution in [2.24, 2.45) is 7.05 Å². The molecule has 0 fully saturated rings. The molecule has 0 aliphatic rings. The van der Waals surface area contributed by atoms with Crippen molar-refractivity contribution >= 4 is 27.7 Å². The lowest BCUT2D eigenvalue weighted by atomic mass is 10.3. The highest BCUT2D eigenvalue weighted by atomic mass is 79.9. The minimum atomic E-state index is -0.495. The number of hydrogen-bond acceptors (Lipinski definition) is 3. The van der Waals surface area contributed by atoms with Gasteiger partial charge < -0.3 is 15.0 Å². The first-order valence-corrected chi connectivity index (χ1v) is 6.80. The molecule has 100 valence electrons. The number of halogens is 1. The van der Waals surface area contributed by atoms with Crippen LogP contribution in [-0.2, 0) is 7.05 Å². The van der Waals surface area contributed by atoms with Gasteiger partial charge in [-0.05, 0) is 17.4 Å². The van der Waals surface area contributed by atoms with E-state index >= 15 is 0 Å². The van der Waals surface area contributed by atoms with Gasteiger partial charge in [-0.15, -0.1) is 0 Å². The zero-order chi connectivity index (χ0) is 13.7. The smallest absolute Gasteiger partial charge is 0.323 e. The zero-order valence-electron chi connectivity index (χ0n) is 10.4. The molecule has 0 aliphatic carbocycles. The van der Waals surface area contributed by atoms with E-state index in [9.17, 15) is 14.9 Å². The maximum absolute atomic E-state index is 12.2. The number of amides is 1. The molecule has 0 aromatic carbocycles. The Morgan fingerprint density at radius 1 is 1.50 bits per heavy atom. The quantitative estimate of drug-likeness (QED) is 0.459. The lowest BCUT2D eigenvalue weighted by Crippen LogP contribution is -2.34. The van der Waals surface area contributed by atoms with Gasteiger partial charge >= 0.3 is 5.82 Å². The molecule has 1 amide bonds. The Hall–Kier alpha value is -1.37. The van der Waals surface area contributed by atoms with Crippen molar-refractivity contribution < 1.29 is 9.72 Å². The Bertz CT molecular complexity index is 439. The van der Waals surface area contributed by atoms with Crippen LogP contribution in [0.4, 0.5) is 5.82 Å². The number of carbonyl (C=O) groups excluding carboxylic acids is 1. The number of aromatic nitrogens is 1. The Balaban J connectivity index is 2.98. The van der Waals surface area contributed by atoms with Gasteiger partial charge in [0, 0.05) is 24.5 Å². The Morgan fingerprint density at radius 3 is 2.61 bits per heavy atom. The van der Waals surface area contributed by atoms with Crippen LogP contribution in [0, 0.1) is 10.1 Å². The molecule has 0 saturated heterocycles. The molecule has 0 unspecified atom stereocenters. The number of carbonyl (C=O) groups is 1. The highest BCUT2D eigenvalue weighted by Gasteiger charge is 2.24. The van der Waals surface area contributed by atoms with E-state index in [1.54, 1.807) is 4.90 Å². The van der Waals surface area contributed by atoms with E-state index in [1.807, 2.05) is 6.92 Å². The van der Waals surface area contributed by atoms with Crippen molar-refractivity contribution in [2.45, 2.75) is 13.3 Å². The first-order valence-electron chi connectivity index (χ1n) is 5.68. The topological polar surface area (TPSA) is 68.4 Å². The summed E-state index contributed by atoms with van der Waals surface area (Å²) in [6.07, 6.45) is 0.852. The lowest BCUT2D eigenvalue weighted by molar-refractivity contribution is -0.391. The third-order valence-corrected chi connectivity index (χ3v) is 2.99. The molecule has 0 saturated carbocycles. The first kappa shape index (κ1) is 14.7. The molecule has 1 aromatic rings. The summed E-state index contributed by atoms with van der Waals surface area (Å²) < 4.78 is 1.32. The van der Waals surface area contributed by atoms with E-state index in [0.717, 1.165) is 6.42 Å². The average molecular weight is 318 g/mol. The molecular weight excluding hydrogens is 302 g/mol. The summed E-state index contributed by atoms with van der Waals surface area (Å²) in [7, 11) is 1.53. The van der Waals surface area contributed by atoms with E-state index in [1.165, 1.54) is 23.7 Å². The Labute approximate surface area is 114 Å². The third kappa shape index (κ3) is 3.10. The zero-order valence-corrected chi connectivity index (χ0v) is 12.0. The fourth-order valence-electron chi connectivity index (χ4n) is 1.75. The SMILES string of the molecule is CCCN(CCBr)C(=O)c1ccc([N+](=O)[O-])n1C. The second kappa shape index (κ2) is 6.53. The van der Waals surface area contributed by atoms with E-state index in [0.29, 0.717) is 24.1 Å². The fraction of sp³-hybridized carbons (Fsp3) is 0.545. The van der Waals surface area contributed by atoms with Crippen molar-refractivity contribution in [1.29, 1.82) is 0 Å². The van der Waals surface area contributed by atoms with Crippen LogP contribution >= 0.6 is 15.9 Å². The first-order chi connectivity index (χ1) is 8.52. The molecule has 1 aromatic heterocycles. The van der Waals surface area contributed by atoms with Crippen LogP contribution in [0.1, 0.15) is 23.8 Å². The van der Waals surface area contributed by atoms with Gasteiger partial charge in [-0.3, -0.25) is 4.79 Å². The maximum atomic E-state index is 12.2. The third-order valence-electron chi connectivity index (χ3n) is 2.64. The molecule has 0 aliphatic heterocycles. The van der Waals surface area contributed by atoms with Crippen LogP contribution in [0.3, 0.4) is 0 Å². The largest absolute Gasteiger partial charge is 0.358 e. The summed E-state index contributed by atoms with van der Waals surface area (Å²) in [4.78, 5) is 24.2. The van der Waals surface area contributed by atoms with Crippen LogP contribution in [0.5, 0.6) is 0 Å². The standard InChI is InChI=1S/C11H16BrN3O3/c1-3-7-14(8-6-12)11(16)9-4-5-10(13(9)2)15(17)18/h4-5H,3,6-8H2,1-2H3. The van der Waals surface area contributed by atoms with Gasteiger partial charge in [-0.1, -0.05) is 22.9 Å². The number of nitro groups is 1. The fourth-order valence-corrected chi connectivity index (χ4v) is 2.18. The van der Waals surface area contributed by atoms with Crippen LogP contribution in [0.25, 0.3) is 0 Å². The van der Waals surface area contributed by atoms with E-state index in [4.69, 9.17) is 0 Å². The summed E-state index contributed by atoms with van der Waals surface area (Å²) in [6.45, 7) is 3.22. The Morgan fingerprint density at radius 2 is 2.17 bits per heavy atom. The van der Waals surface area contributed by atoms with Gasteiger partial charge in [-0.25, -0.2) is 4.57 Å². The van der Waals surface area contributed by atoms with Crippen molar-refractivity contribution in [3.63, 3.8) is 0 Å². The van der Waals surface area contributed by atoms with Crippen LogP contribution < -0.4 is 0 Å². The number of nitrogens with zero attached hydrogens (tertiary/aromatic N) is 3. The van der Waals surface area contributed by atoms with Gasteiger partial charge in [0.2, 0.25) is 0 Å². The minimum absolute atomic E-state index is 0.0753. The van der Waals surface area contributed by atoms with E-state index in [2.05, 4.69) is 15.9 Å². The normalized spacial score (nSPS) is 10.4. The van der Waals surface area contributed by atoms with E-state index < -0.39 is 4.92 Å². The molecule has 0 atom stereocenters. The van der Waals surface area contributed by atoms with Gasteiger partial charge in [0.1, 0.15) is 0 Å². The summed E-state index contributed by atoms with van der Waals surface area (Å²) >= 11 is 3.30. The van der Waals surface area contributed by atoms with Gasteiger partial charge in [0.15, 0.2) is 5.69 Å². The predicted octanol–water partition coefficient (Wildman–Crippen LogP) is 2.18. The summed E-state index contributed by atoms with van der Waals surface area (Å²) in [6, 6.07) is 2.85. The summed E-state index contributed by atoms with van der Waals surface area (Å²) in [5.74, 6) is -0.249. The molecular formula is C11H16BrN3O3. The monoisotopic (exact) mass is 317 g/mol. The molecule has 0 radical (unpaired) electrons. The lowest BCUT2D eigenvalue weighted by Gasteiger charge is -2.19. The number of alkyl halides is 1. The molecule has 0 spiro atoms. The summed E-state index contributed by atoms with van der Waals surface area (Å²) in [5, 5.41) is 11.4. The predicted molar refractivity (Wildman–Crippen MR) is 72.1 cm³/mol. The minimum Gasteiger partial charge on any atom is -0.358 e. The summed E-state index contributed by atoms with van der Waals surface area (Å²) in [5.41, 5.74) is 0.344.